The van der Waals surface area contributed by atoms with E-state index in [0.717, 1.165) is 6.54 Å². The van der Waals surface area contributed by atoms with Crippen LogP contribution in [0.2, 0.25) is 0 Å². The van der Waals surface area contributed by atoms with Gasteiger partial charge in [-0.2, -0.15) is 0 Å². The molecule has 2 rings (SSSR count). The summed E-state index contributed by atoms with van der Waals surface area (Å²) in [6.45, 7) is 4.57. The molecule has 17 heavy (non-hydrogen) atoms. The number of halogens is 1. The molecular formula is C11H17ClN2O2S. The highest BCUT2D eigenvalue weighted by Gasteiger charge is 2.20. The van der Waals surface area contributed by atoms with Crippen LogP contribution in [0.5, 0.6) is 0 Å². The summed E-state index contributed by atoms with van der Waals surface area (Å²) in [5.74, 6) is 0.0192. The van der Waals surface area contributed by atoms with Crippen molar-refractivity contribution in [3.8, 4) is 0 Å². The molecular weight excluding hydrogens is 260 g/mol. The molecule has 1 unspecified atom stereocenters. The second-order valence-electron chi connectivity index (χ2n) is 3.81. The van der Waals surface area contributed by atoms with Gasteiger partial charge in [0, 0.05) is 16.3 Å². The van der Waals surface area contributed by atoms with Gasteiger partial charge in [-0.25, -0.2) is 0 Å². The van der Waals surface area contributed by atoms with E-state index in [-0.39, 0.29) is 24.4 Å². The first kappa shape index (κ1) is 14.4. The molecule has 0 aromatic carbocycles. The van der Waals surface area contributed by atoms with Gasteiger partial charge in [-0.05, 0) is 19.1 Å². The van der Waals surface area contributed by atoms with Crippen LogP contribution in [0.15, 0.2) is 12.1 Å². The van der Waals surface area contributed by atoms with Crippen molar-refractivity contribution < 1.29 is 9.53 Å². The molecule has 2 N–H and O–H groups in total. The fraction of sp³-hybridized carbons (Fsp3) is 0.545. The van der Waals surface area contributed by atoms with Crippen LogP contribution in [0.4, 0.5) is 0 Å². The summed E-state index contributed by atoms with van der Waals surface area (Å²) in [5.41, 5.74) is 0. The van der Waals surface area contributed by atoms with Gasteiger partial charge < -0.3 is 15.4 Å². The third kappa shape index (κ3) is 4.27. The molecule has 0 spiro atoms. The van der Waals surface area contributed by atoms with E-state index in [9.17, 15) is 4.79 Å². The predicted octanol–water partition coefficient (Wildman–Crippen LogP) is 1.08. The van der Waals surface area contributed by atoms with E-state index in [2.05, 4.69) is 23.6 Å². The third-order valence-electron chi connectivity index (χ3n) is 2.47. The van der Waals surface area contributed by atoms with Gasteiger partial charge in [0.2, 0.25) is 5.91 Å². The van der Waals surface area contributed by atoms with Crippen molar-refractivity contribution in [2.45, 2.75) is 19.5 Å². The second kappa shape index (κ2) is 6.96. The van der Waals surface area contributed by atoms with Crippen LogP contribution in [0.1, 0.15) is 9.75 Å². The van der Waals surface area contributed by atoms with Crippen LogP contribution < -0.4 is 10.6 Å². The summed E-state index contributed by atoms with van der Waals surface area (Å²) >= 11 is 1.71. The average molecular weight is 277 g/mol. The number of thiophene rings is 1. The third-order valence-corrected chi connectivity index (χ3v) is 3.47. The minimum absolute atomic E-state index is 0. The molecule has 1 aliphatic rings. The van der Waals surface area contributed by atoms with E-state index in [1.54, 1.807) is 11.3 Å². The molecule has 0 aliphatic carbocycles. The van der Waals surface area contributed by atoms with Gasteiger partial charge in [-0.15, -0.1) is 23.7 Å². The van der Waals surface area contributed by atoms with Crippen LogP contribution in [0.25, 0.3) is 0 Å². The monoisotopic (exact) mass is 276 g/mol. The van der Waals surface area contributed by atoms with Crippen LogP contribution in [0.3, 0.4) is 0 Å². The number of ether oxygens (including phenoxy) is 1. The molecule has 1 aliphatic heterocycles. The lowest BCUT2D eigenvalue weighted by Gasteiger charge is -2.22. The van der Waals surface area contributed by atoms with Gasteiger partial charge in [0.25, 0.3) is 0 Å². The molecule has 0 saturated carbocycles. The Morgan fingerprint density at radius 3 is 3.06 bits per heavy atom. The van der Waals surface area contributed by atoms with Gasteiger partial charge in [0.1, 0.15) is 6.04 Å². The van der Waals surface area contributed by atoms with E-state index >= 15 is 0 Å². The molecule has 96 valence electrons. The Labute approximate surface area is 111 Å². The Bertz CT molecular complexity index is 364. The Morgan fingerprint density at radius 1 is 1.65 bits per heavy atom. The lowest BCUT2D eigenvalue weighted by Crippen LogP contribution is -2.50. The Kier molecular flexibility index (Phi) is 5.91. The molecule has 6 heteroatoms. The molecule has 1 saturated heterocycles. The zero-order valence-electron chi connectivity index (χ0n) is 9.69. The van der Waals surface area contributed by atoms with Crippen molar-refractivity contribution in [1.29, 1.82) is 0 Å². The number of carbonyl (C=O) groups excluding carboxylic acids is 1. The topological polar surface area (TPSA) is 50.4 Å². The maximum atomic E-state index is 11.7. The first-order valence-corrected chi connectivity index (χ1v) is 6.21. The van der Waals surface area contributed by atoms with E-state index in [4.69, 9.17) is 4.74 Å². The molecule has 1 aromatic rings. The highest BCUT2D eigenvalue weighted by Crippen LogP contribution is 2.14. The number of hydrogen-bond donors (Lipinski definition) is 2. The van der Waals surface area contributed by atoms with Gasteiger partial charge in [0.15, 0.2) is 0 Å². The number of carbonyl (C=O) groups is 1. The van der Waals surface area contributed by atoms with Crippen LogP contribution in [-0.2, 0) is 16.1 Å². The number of amides is 1. The van der Waals surface area contributed by atoms with Gasteiger partial charge in [-0.1, -0.05) is 0 Å². The highest BCUT2D eigenvalue weighted by molar-refractivity contribution is 7.11. The fourth-order valence-corrected chi connectivity index (χ4v) is 2.44. The first-order chi connectivity index (χ1) is 7.75. The van der Waals surface area contributed by atoms with E-state index in [0.29, 0.717) is 19.8 Å². The molecule has 1 fully saturated rings. The lowest BCUT2D eigenvalue weighted by molar-refractivity contribution is -0.126. The molecule has 0 radical (unpaired) electrons. The van der Waals surface area contributed by atoms with Gasteiger partial charge in [-0.3, -0.25) is 4.79 Å². The maximum absolute atomic E-state index is 11.7. The maximum Gasteiger partial charge on any atom is 0.239 e. The summed E-state index contributed by atoms with van der Waals surface area (Å²) in [4.78, 5) is 14.2. The van der Waals surface area contributed by atoms with Gasteiger partial charge >= 0.3 is 0 Å². The van der Waals surface area contributed by atoms with Crippen molar-refractivity contribution in [2.24, 2.45) is 0 Å². The SMILES string of the molecule is Cc1ccc(CNC(=O)C2COCCN2)s1.Cl. The van der Waals surface area contributed by atoms with Crippen molar-refractivity contribution in [3.63, 3.8) is 0 Å². The smallest absolute Gasteiger partial charge is 0.239 e. The summed E-state index contributed by atoms with van der Waals surface area (Å²) < 4.78 is 5.24. The van der Waals surface area contributed by atoms with E-state index in [1.165, 1.54) is 9.75 Å². The number of nitrogens with one attached hydrogen (secondary N) is 2. The highest BCUT2D eigenvalue weighted by atomic mass is 35.5. The molecule has 1 atom stereocenters. The number of aryl methyl sites for hydroxylation is 1. The fourth-order valence-electron chi connectivity index (χ4n) is 1.61. The average Bonchev–Trinajstić information content (AvgIpc) is 2.73. The van der Waals surface area contributed by atoms with Crippen LogP contribution in [0, 0.1) is 6.92 Å². The van der Waals surface area contributed by atoms with E-state index in [1.807, 2.05) is 6.07 Å². The lowest BCUT2D eigenvalue weighted by atomic mass is 10.2. The predicted molar refractivity (Wildman–Crippen MR) is 70.8 cm³/mol. The Balaban J connectivity index is 0.00000144. The first-order valence-electron chi connectivity index (χ1n) is 5.40. The van der Waals surface area contributed by atoms with Crippen molar-refractivity contribution >= 4 is 29.7 Å². The summed E-state index contributed by atoms with van der Waals surface area (Å²) in [7, 11) is 0. The number of morpholine rings is 1. The minimum Gasteiger partial charge on any atom is -0.378 e. The van der Waals surface area contributed by atoms with Gasteiger partial charge in [0.05, 0.1) is 19.8 Å². The normalized spacial score (nSPS) is 19.5. The molecule has 4 nitrogen and oxygen atoms in total. The Morgan fingerprint density at radius 2 is 2.47 bits per heavy atom. The molecule has 2 heterocycles. The van der Waals surface area contributed by atoms with Crippen molar-refractivity contribution in [1.82, 2.24) is 10.6 Å². The zero-order valence-corrected chi connectivity index (χ0v) is 11.3. The van der Waals surface area contributed by atoms with Crippen LogP contribution in [-0.4, -0.2) is 31.7 Å². The number of rotatable bonds is 3. The standard InChI is InChI=1S/C11H16N2O2S.ClH/c1-8-2-3-9(16-8)6-13-11(14)10-7-15-5-4-12-10;/h2-3,10,12H,4-7H2,1H3,(H,13,14);1H. The summed E-state index contributed by atoms with van der Waals surface area (Å²) in [6.07, 6.45) is 0. The zero-order chi connectivity index (χ0) is 11.4. The molecule has 1 amide bonds. The second-order valence-corrected chi connectivity index (χ2v) is 5.18. The number of hydrogen-bond acceptors (Lipinski definition) is 4. The van der Waals surface area contributed by atoms with Crippen molar-refractivity contribution in [2.75, 3.05) is 19.8 Å². The Hall–Kier alpha value is -0.620. The summed E-state index contributed by atoms with van der Waals surface area (Å²) in [5, 5.41) is 6.04. The van der Waals surface area contributed by atoms with Crippen molar-refractivity contribution in [3.05, 3.63) is 21.9 Å². The largest absolute Gasteiger partial charge is 0.378 e. The van der Waals surface area contributed by atoms with E-state index < -0.39 is 0 Å². The minimum atomic E-state index is -0.199. The van der Waals surface area contributed by atoms with Crippen LogP contribution >= 0.6 is 23.7 Å². The molecule has 0 bridgehead atoms. The molecule has 1 aromatic heterocycles. The quantitative estimate of drug-likeness (QED) is 0.869. The summed E-state index contributed by atoms with van der Waals surface area (Å²) in [6, 6.07) is 3.91.